The van der Waals surface area contributed by atoms with Crippen LogP contribution in [0, 0.1) is 11.3 Å². The molecule has 3 heterocycles. The van der Waals surface area contributed by atoms with E-state index in [4.69, 9.17) is 10.00 Å². The zero-order chi connectivity index (χ0) is 15.0. The van der Waals surface area contributed by atoms with Crippen molar-refractivity contribution in [2.24, 2.45) is 0 Å². The number of rotatable bonds is 1. The maximum absolute atomic E-state index is 9.04. The molecule has 2 aliphatic heterocycles. The van der Waals surface area contributed by atoms with Gasteiger partial charge >= 0.3 is 0 Å². The predicted octanol–water partition coefficient (Wildman–Crippen LogP) is 1.77. The summed E-state index contributed by atoms with van der Waals surface area (Å²) in [5.74, 6) is 0.993. The molecule has 1 fully saturated rings. The zero-order valence-corrected chi connectivity index (χ0v) is 12.9. The van der Waals surface area contributed by atoms with Gasteiger partial charge in [-0.1, -0.05) is 0 Å². The molecule has 5 heteroatoms. The maximum Gasteiger partial charge on any atom is 0.134 e. The molecule has 21 heavy (non-hydrogen) atoms. The molecule has 2 atom stereocenters. The monoisotopic (exact) mass is 286 g/mol. The van der Waals surface area contributed by atoms with Crippen molar-refractivity contribution in [1.82, 2.24) is 9.88 Å². The fourth-order valence-electron chi connectivity index (χ4n) is 3.36. The second-order valence-corrected chi connectivity index (χ2v) is 6.29. The van der Waals surface area contributed by atoms with Crippen LogP contribution < -0.4 is 4.90 Å². The Bertz CT molecular complexity index is 566. The highest BCUT2D eigenvalue weighted by molar-refractivity contribution is 5.52. The molecule has 1 saturated heterocycles. The first kappa shape index (κ1) is 14.3. The van der Waals surface area contributed by atoms with Crippen LogP contribution in [0.1, 0.15) is 31.9 Å². The van der Waals surface area contributed by atoms with Crippen molar-refractivity contribution < 1.29 is 4.74 Å². The van der Waals surface area contributed by atoms with Crippen LogP contribution in [0.5, 0.6) is 0 Å². The SMILES string of the molecule is CC(C)N1C[C@@H]2COCc3cc(C#N)cnc3N2[C@H](C)C1. The Morgan fingerprint density at radius 2 is 2.24 bits per heavy atom. The fraction of sp³-hybridized carbons (Fsp3) is 0.625. The number of nitriles is 1. The lowest BCUT2D eigenvalue weighted by molar-refractivity contribution is 0.0755. The largest absolute Gasteiger partial charge is 0.374 e. The molecule has 0 spiro atoms. The molecule has 0 saturated carbocycles. The lowest BCUT2D eigenvalue weighted by Crippen LogP contribution is -2.60. The van der Waals surface area contributed by atoms with Gasteiger partial charge < -0.3 is 9.64 Å². The number of piperazine rings is 1. The van der Waals surface area contributed by atoms with Gasteiger partial charge in [-0.3, -0.25) is 4.90 Å². The Balaban J connectivity index is 1.95. The minimum Gasteiger partial charge on any atom is -0.374 e. The topological polar surface area (TPSA) is 52.4 Å². The molecule has 0 N–H and O–H groups in total. The Hall–Kier alpha value is -1.64. The van der Waals surface area contributed by atoms with Gasteiger partial charge in [-0.05, 0) is 26.8 Å². The molecule has 0 amide bonds. The second kappa shape index (κ2) is 5.63. The van der Waals surface area contributed by atoms with Crippen molar-refractivity contribution in [1.29, 1.82) is 5.26 Å². The molecule has 3 rings (SSSR count). The third kappa shape index (κ3) is 2.61. The number of hydrogen-bond donors (Lipinski definition) is 0. The smallest absolute Gasteiger partial charge is 0.134 e. The standard InChI is InChI=1S/C16H22N4O/c1-11(2)19-7-12(3)20-15(8-19)10-21-9-14-4-13(5-17)6-18-16(14)20/h4,6,11-12,15H,7-10H2,1-3H3/t12-,15-/m1/s1. The minimum absolute atomic E-state index is 0.331. The van der Waals surface area contributed by atoms with Crippen LogP contribution in [-0.4, -0.2) is 47.7 Å². The van der Waals surface area contributed by atoms with Crippen molar-refractivity contribution in [2.75, 3.05) is 24.6 Å². The number of nitrogens with zero attached hydrogens (tertiary/aromatic N) is 4. The lowest BCUT2D eigenvalue weighted by atomic mass is 10.0. The Labute approximate surface area is 126 Å². The third-order valence-corrected chi connectivity index (χ3v) is 4.43. The van der Waals surface area contributed by atoms with Gasteiger partial charge in [-0.25, -0.2) is 4.98 Å². The minimum atomic E-state index is 0.331. The lowest BCUT2D eigenvalue weighted by Gasteiger charge is -2.47. The molecule has 5 nitrogen and oxygen atoms in total. The molecule has 0 bridgehead atoms. The van der Waals surface area contributed by atoms with E-state index in [-0.39, 0.29) is 0 Å². The summed E-state index contributed by atoms with van der Waals surface area (Å²) in [6, 6.07) is 5.34. The average molecular weight is 286 g/mol. The molecular weight excluding hydrogens is 264 g/mol. The highest BCUT2D eigenvalue weighted by Gasteiger charge is 2.36. The van der Waals surface area contributed by atoms with E-state index >= 15 is 0 Å². The van der Waals surface area contributed by atoms with Crippen LogP contribution >= 0.6 is 0 Å². The summed E-state index contributed by atoms with van der Waals surface area (Å²) in [6.07, 6.45) is 1.67. The number of pyridine rings is 1. The van der Waals surface area contributed by atoms with E-state index in [0.29, 0.717) is 36.9 Å². The van der Waals surface area contributed by atoms with E-state index in [9.17, 15) is 0 Å². The quantitative estimate of drug-likeness (QED) is 0.787. The first-order valence-electron chi connectivity index (χ1n) is 7.59. The van der Waals surface area contributed by atoms with Crippen molar-refractivity contribution in [3.8, 4) is 6.07 Å². The van der Waals surface area contributed by atoms with E-state index in [1.165, 1.54) is 0 Å². The molecule has 0 aliphatic carbocycles. The highest BCUT2D eigenvalue weighted by Crippen LogP contribution is 2.30. The molecular formula is C16H22N4O. The Morgan fingerprint density at radius 1 is 1.43 bits per heavy atom. The Morgan fingerprint density at radius 3 is 2.95 bits per heavy atom. The predicted molar refractivity (Wildman–Crippen MR) is 81.0 cm³/mol. The molecule has 0 unspecified atom stereocenters. The van der Waals surface area contributed by atoms with E-state index in [0.717, 1.165) is 24.5 Å². The number of aromatic nitrogens is 1. The van der Waals surface area contributed by atoms with E-state index in [1.54, 1.807) is 6.20 Å². The number of ether oxygens (including phenoxy) is 1. The van der Waals surface area contributed by atoms with Crippen molar-refractivity contribution in [2.45, 2.75) is 45.5 Å². The van der Waals surface area contributed by atoms with E-state index in [1.807, 2.05) is 6.07 Å². The van der Waals surface area contributed by atoms with Gasteiger partial charge in [-0.15, -0.1) is 0 Å². The van der Waals surface area contributed by atoms with Crippen molar-refractivity contribution in [3.63, 3.8) is 0 Å². The molecule has 0 aromatic carbocycles. The first-order valence-corrected chi connectivity index (χ1v) is 7.59. The summed E-state index contributed by atoms with van der Waals surface area (Å²) in [4.78, 5) is 9.45. The maximum atomic E-state index is 9.04. The van der Waals surface area contributed by atoms with Gasteiger partial charge in [0.1, 0.15) is 11.9 Å². The molecule has 0 radical (unpaired) electrons. The number of fused-ring (bicyclic) bond motifs is 3. The molecule has 1 aromatic heterocycles. The Kier molecular flexibility index (Phi) is 3.83. The van der Waals surface area contributed by atoms with Gasteiger partial charge in [0.05, 0.1) is 24.8 Å². The van der Waals surface area contributed by atoms with Crippen LogP contribution in [0.25, 0.3) is 0 Å². The molecule has 112 valence electrons. The molecule has 1 aromatic rings. The van der Waals surface area contributed by atoms with Crippen LogP contribution in [0.15, 0.2) is 12.3 Å². The van der Waals surface area contributed by atoms with Gasteiger partial charge in [-0.2, -0.15) is 5.26 Å². The van der Waals surface area contributed by atoms with Crippen LogP contribution in [-0.2, 0) is 11.3 Å². The summed E-state index contributed by atoms with van der Waals surface area (Å²) in [5, 5.41) is 9.04. The fourth-order valence-corrected chi connectivity index (χ4v) is 3.36. The van der Waals surface area contributed by atoms with Crippen LogP contribution in [0.2, 0.25) is 0 Å². The van der Waals surface area contributed by atoms with Crippen LogP contribution in [0.4, 0.5) is 5.82 Å². The van der Waals surface area contributed by atoms with Crippen LogP contribution in [0.3, 0.4) is 0 Å². The van der Waals surface area contributed by atoms with Gasteiger partial charge in [0.25, 0.3) is 0 Å². The normalized spacial score (nSPS) is 26.0. The summed E-state index contributed by atoms with van der Waals surface area (Å²) in [6.45, 7) is 10.0. The first-order chi connectivity index (χ1) is 10.1. The third-order valence-electron chi connectivity index (χ3n) is 4.43. The van der Waals surface area contributed by atoms with E-state index in [2.05, 4.69) is 41.6 Å². The summed E-state index contributed by atoms with van der Waals surface area (Å²) >= 11 is 0. The van der Waals surface area contributed by atoms with Gasteiger partial charge in [0, 0.05) is 36.9 Å². The number of hydrogen-bond acceptors (Lipinski definition) is 5. The average Bonchev–Trinajstić information content (AvgIpc) is 2.65. The van der Waals surface area contributed by atoms with Gasteiger partial charge in [0.2, 0.25) is 0 Å². The van der Waals surface area contributed by atoms with Crippen molar-refractivity contribution in [3.05, 3.63) is 23.4 Å². The van der Waals surface area contributed by atoms with E-state index < -0.39 is 0 Å². The van der Waals surface area contributed by atoms with Crippen molar-refractivity contribution >= 4 is 5.82 Å². The summed E-state index contributed by atoms with van der Waals surface area (Å²) < 4.78 is 5.85. The number of anilines is 1. The van der Waals surface area contributed by atoms with Gasteiger partial charge in [0.15, 0.2) is 0 Å². The highest BCUT2D eigenvalue weighted by atomic mass is 16.5. The summed E-state index contributed by atoms with van der Waals surface area (Å²) in [5.41, 5.74) is 1.63. The second-order valence-electron chi connectivity index (χ2n) is 6.29. The summed E-state index contributed by atoms with van der Waals surface area (Å²) in [7, 11) is 0. The zero-order valence-electron chi connectivity index (χ0n) is 12.9. The molecule has 2 aliphatic rings.